The second kappa shape index (κ2) is 7.23. The predicted molar refractivity (Wildman–Crippen MR) is 90.2 cm³/mol. The van der Waals surface area contributed by atoms with E-state index in [2.05, 4.69) is 45.6 Å². The maximum absolute atomic E-state index is 10.4. The summed E-state index contributed by atoms with van der Waals surface area (Å²) in [5.41, 5.74) is 2.23. The topological polar surface area (TPSA) is 54.2 Å². The molecule has 2 aromatic rings. The van der Waals surface area contributed by atoms with Crippen LogP contribution in [0, 0.1) is 6.92 Å². The number of β-amino-alcohol motifs (C(OH)–C–C–N with tert-alkyl or cyclic N) is 1. The fourth-order valence-corrected chi connectivity index (χ4v) is 3.34. The van der Waals surface area contributed by atoms with Crippen LogP contribution in [0.15, 0.2) is 30.6 Å². The molecule has 1 aliphatic heterocycles. The minimum absolute atomic E-state index is 0.411. The van der Waals surface area contributed by atoms with E-state index in [4.69, 9.17) is 0 Å². The van der Waals surface area contributed by atoms with Crippen LogP contribution in [-0.2, 0) is 6.54 Å². The highest BCUT2D eigenvalue weighted by Crippen LogP contribution is 2.27. The minimum atomic E-state index is -0.411. The molecule has 0 spiro atoms. The Labute approximate surface area is 138 Å². The van der Waals surface area contributed by atoms with Gasteiger partial charge in [0.25, 0.3) is 0 Å². The molecule has 0 radical (unpaired) electrons. The zero-order valence-electron chi connectivity index (χ0n) is 14.0. The van der Waals surface area contributed by atoms with Crippen LogP contribution in [-0.4, -0.2) is 44.4 Å². The smallest absolute Gasteiger partial charge is 0.135 e. The quantitative estimate of drug-likeness (QED) is 0.921. The summed E-state index contributed by atoms with van der Waals surface area (Å²) in [7, 11) is 0. The molecule has 1 atom stereocenters. The van der Waals surface area contributed by atoms with Crippen molar-refractivity contribution in [1.82, 2.24) is 19.7 Å². The van der Waals surface area contributed by atoms with Crippen LogP contribution in [0.3, 0.4) is 0 Å². The summed E-state index contributed by atoms with van der Waals surface area (Å²) in [6.07, 6.45) is 3.58. The molecule has 1 aromatic carbocycles. The van der Waals surface area contributed by atoms with E-state index in [1.165, 1.54) is 5.56 Å². The van der Waals surface area contributed by atoms with E-state index < -0.39 is 6.10 Å². The molecular weight excluding hydrogens is 288 g/mol. The van der Waals surface area contributed by atoms with Gasteiger partial charge in [-0.15, -0.1) is 10.2 Å². The third-order valence-corrected chi connectivity index (χ3v) is 4.83. The van der Waals surface area contributed by atoms with Gasteiger partial charge in [-0.2, -0.15) is 0 Å². The van der Waals surface area contributed by atoms with Gasteiger partial charge in [-0.05, 0) is 45.3 Å². The van der Waals surface area contributed by atoms with E-state index in [9.17, 15) is 5.11 Å². The Morgan fingerprint density at radius 1 is 1.22 bits per heavy atom. The molecule has 23 heavy (non-hydrogen) atoms. The molecule has 2 heterocycles. The molecule has 1 aromatic heterocycles. The molecule has 5 nitrogen and oxygen atoms in total. The lowest BCUT2D eigenvalue weighted by Gasteiger charge is -2.32. The first-order valence-electron chi connectivity index (χ1n) is 8.52. The molecule has 1 aliphatic rings. The first-order valence-corrected chi connectivity index (χ1v) is 8.52. The Morgan fingerprint density at radius 3 is 2.57 bits per heavy atom. The van der Waals surface area contributed by atoms with Crippen molar-refractivity contribution < 1.29 is 5.11 Å². The van der Waals surface area contributed by atoms with Crippen molar-refractivity contribution in [2.45, 2.75) is 45.3 Å². The second-order valence-electron chi connectivity index (χ2n) is 6.48. The van der Waals surface area contributed by atoms with Gasteiger partial charge in [0.05, 0.1) is 6.10 Å². The van der Waals surface area contributed by atoms with Crippen molar-refractivity contribution in [1.29, 1.82) is 0 Å². The molecule has 1 unspecified atom stereocenters. The van der Waals surface area contributed by atoms with Crippen molar-refractivity contribution in [3.05, 3.63) is 47.5 Å². The number of aliphatic hydroxyl groups excluding tert-OH is 1. The van der Waals surface area contributed by atoms with Gasteiger partial charge in [0, 0.05) is 19.0 Å². The molecule has 3 rings (SSSR count). The monoisotopic (exact) mass is 314 g/mol. The van der Waals surface area contributed by atoms with Gasteiger partial charge >= 0.3 is 0 Å². The van der Waals surface area contributed by atoms with Crippen molar-refractivity contribution in [3.63, 3.8) is 0 Å². The van der Waals surface area contributed by atoms with E-state index >= 15 is 0 Å². The number of nitrogens with zero attached hydrogens (tertiary/aromatic N) is 4. The Morgan fingerprint density at radius 2 is 1.91 bits per heavy atom. The maximum Gasteiger partial charge on any atom is 0.135 e. The van der Waals surface area contributed by atoms with E-state index in [1.807, 2.05) is 18.5 Å². The van der Waals surface area contributed by atoms with Gasteiger partial charge in [0.1, 0.15) is 12.2 Å². The number of rotatable bonds is 5. The van der Waals surface area contributed by atoms with Gasteiger partial charge in [0.15, 0.2) is 0 Å². The minimum Gasteiger partial charge on any atom is -0.387 e. The number of benzene rings is 1. The van der Waals surface area contributed by atoms with Gasteiger partial charge in [-0.1, -0.05) is 29.8 Å². The molecule has 124 valence electrons. The van der Waals surface area contributed by atoms with Crippen LogP contribution in [0.1, 0.15) is 48.7 Å². The summed E-state index contributed by atoms with van der Waals surface area (Å²) in [6.45, 7) is 7.83. The zero-order valence-corrected chi connectivity index (χ0v) is 14.0. The molecule has 5 heteroatoms. The van der Waals surface area contributed by atoms with Crippen molar-refractivity contribution in [2.24, 2.45) is 0 Å². The molecule has 0 aliphatic carbocycles. The summed E-state index contributed by atoms with van der Waals surface area (Å²) in [4.78, 5) is 2.35. The highest BCUT2D eigenvalue weighted by Gasteiger charge is 2.25. The third kappa shape index (κ3) is 3.79. The zero-order chi connectivity index (χ0) is 16.2. The van der Waals surface area contributed by atoms with E-state index in [0.29, 0.717) is 12.5 Å². The number of hydrogen-bond acceptors (Lipinski definition) is 4. The summed E-state index contributed by atoms with van der Waals surface area (Å²) in [5, 5.41) is 18.8. The van der Waals surface area contributed by atoms with Crippen molar-refractivity contribution in [2.75, 3.05) is 19.6 Å². The molecular formula is C18H26N4O. The van der Waals surface area contributed by atoms with Gasteiger partial charge in [-0.3, -0.25) is 0 Å². The summed E-state index contributed by atoms with van der Waals surface area (Å²) in [6, 6.07) is 8.16. The fourth-order valence-electron chi connectivity index (χ4n) is 3.34. The van der Waals surface area contributed by atoms with E-state index in [-0.39, 0.29) is 0 Å². The number of aryl methyl sites for hydroxylation is 2. The molecule has 1 fully saturated rings. The normalized spacial score (nSPS) is 18.2. The largest absolute Gasteiger partial charge is 0.387 e. The Kier molecular flexibility index (Phi) is 5.08. The summed E-state index contributed by atoms with van der Waals surface area (Å²) >= 11 is 0. The van der Waals surface area contributed by atoms with Crippen LogP contribution in [0.2, 0.25) is 0 Å². The average molecular weight is 314 g/mol. The first kappa shape index (κ1) is 16.1. The molecule has 0 amide bonds. The second-order valence-corrected chi connectivity index (χ2v) is 6.48. The number of piperidine rings is 1. The van der Waals surface area contributed by atoms with Crippen molar-refractivity contribution in [3.8, 4) is 0 Å². The van der Waals surface area contributed by atoms with Crippen molar-refractivity contribution >= 4 is 0 Å². The van der Waals surface area contributed by atoms with Crippen LogP contribution in [0.5, 0.6) is 0 Å². The van der Waals surface area contributed by atoms with Gasteiger partial charge in [-0.25, -0.2) is 0 Å². The van der Waals surface area contributed by atoms with Crippen LogP contribution in [0.4, 0.5) is 0 Å². The van der Waals surface area contributed by atoms with Gasteiger partial charge < -0.3 is 14.6 Å². The molecule has 0 bridgehead atoms. The lowest BCUT2D eigenvalue weighted by Crippen LogP contribution is -2.36. The fraction of sp³-hybridized carbons (Fsp3) is 0.556. The van der Waals surface area contributed by atoms with Crippen LogP contribution < -0.4 is 0 Å². The number of likely N-dealkylation sites (tertiary alicyclic amines) is 1. The molecule has 1 N–H and O–H groups in total. The summed E-state index contributed by atoms with van der Waals surface area (Å²) < 4.78 is 2.14. The third-order valence-electron chi connectivity index (χ3n) is 4.83. The highest BCUT2D eigenvalue weighted by atomic mass is 16.3. The van der Waals surface area contributed by atoms with Crippen LogP contribution >= 0.6 is 0 Å². The Balaban J connectivity index is 1.54. The Bertz CT molecular complexity index is 614. The number of aromatic nitrogens is 3. The SMILES string of the molecule is CCn1cnnc1C1CCN(CC(O)c2ccc(C)cc2)CC1. The summed E-state index contributed by atoms with van der Waals surface area (Å²) in [5.74, 6) is 1.61. The lowest BCUT2D eigenvalue weighted by atomic mass is 9.95. The molecule has 1 saturated heterocycles. The van der Waals surface area contributed by atoms with E-state index in [0.717, 1.165) is 43.9 Å². The first-order chi connectivity index (χ1) is 11.2. The molecule has 0 saturated carbocycles. The van der Waals surface area contributed by atoms with Gasteiger partial charge in [0.2, 0.25) is 0 Å². The Hall–Kier alpha value is -1.72. The number of aliphatic hydroxyl groups is 1. The maximum atomic E-state index is 10.4. The lowest BCUT2D eigenvalue weighted by molar-refractivity contribution is 0.0962. The van der Waals surface area contributed by atoms with Crippen LogP contribution in [0.25, 0.3) is 0 Å². The number of hydrogen-bond donors (Lipinski definition) is 1. The standard InChI is InChI=1S/C18H26N4O/c1-3-22-13-19-20-18(22)16-8-10-21(11-9-16)12-17(23)15-6-4-14(2)5-7-15/h4-7,13,16-17,23H,3,8-12H2,1-2H3. The highest BCUT2D eigenvalue weighted by molar-refractivity contribution is 5.23. The predicted octanol–water partition coefficient (Wildman–Crippen LogP) is 2.52. The average Bonchev–Trinajstić information content (AvgIpc) is 3.05. The van der Waals surface area contributed by atoms with E-state index in [1.54, 1.807) is 0 Å².